The lowest BCUT2D eigenvalue weighted by Crippen LogP contribution is -2.36. The van der Waals surface area contributed by atoms with Crippen molar-refractivity contribution in [3.8, 4) is 11.5 Å². The molecule has 0 radical (unpaired) electrons. The topological polar surface area (TPSA) is 38.8 Å². The third kappa shape index (κ3) is 3.98. The summed E-state index contributed by atoms with van der Waals surface area (Å²) in [5.74, 6) is 0.835. The second kappa shape index (κ2) is 6.98. The van der Waals surface area contributed by atoms with Gasteiger partial charge in [-0.2, -0.15) is 0 Å². The molecule has 0 N–H and O–H groups in total. The third-order valence-electron chi connectivity index (χ3n) is 4.30. The van der Waals surface area contributed by atoms with Crippen LogP contribution in [0, 0.1) is 5.82 Å². The van der Waals surface area contributed by atoms with Gasteiger partial charge in [0, 0.05) is 25.1 Å². The van der Waals surface area contributed by atoms with E-state index >= 15 is 0 Å². The Morgan fingerprint density at radius 1 is 1.19 bits per heavy atom. The van der Waals surface area contributed by atoms with Crippen molar-refractivity contribution in [2.75, 3.05) is 13.6 Å². The molecule has 26 heavy (non-hydrogen) atoms. The number of nitrogens with zero attached hydrogens (tertiary/aromatic N) is 1. The number of fused-ring (bicyclic) bond motifs is 2. The highest BCUT2D eigenvalue weighted by molar-refractivity contribution is 5.68. The molecule has 1 aliphatic rings. The average Bonchev–Trinajstić information content (AvgIpc) is 2.71. The van der Waals surface area contributed by atoms with Gasteiger partial charge in [0.1, 0.15) is 22.9 Å². The normalized spacial score (nSPS) is 16.0. The SMILES string of the molecule is CN(CC1Cc2c(F)cccc2Oc2ccccc21)C(=O)OC(C)(C)C. The molecule has 1 heterocycles. The number of rotatable bonds is 2. The first-order chi connectivity index (χ1) is 12.2. The molecule has 0 spiro atoms. The lowest BCUT2D eigenvalue weighted by atomic mass is 9.91. The fourth-order valence-corrected chi connectivity index (χ4v) is 3.13. The first kappa shape index (κ1) is 18.2. The van der Waals surface area contributed by atoms with Crippen LogP contribution < -0.4 is 4.74 Å². The standard InChI is InChI=1S/C21H24FNO3/c1-21(2,3)26-20(24)23(4)13-14-12-16-17(22)9-7-11-19(16)25-18-10-6-5-8-15(14)18/h5-11,14H,12-13H2,1-4H3. The summed E-state index contributed by atoms with van der Waals surface area (Å²) in [7, 11) is 1.70. The van der Waals surface area contributed by atoms with E-state index < -0.39 is 11.7 Å². The summed E-state index contributed by atoms with van der Waals surface area (Å²) in [5.41, 5.74) is 0.930. The maximum Gasteiger partial charge on any atom is 0.410 e. The number of ether oxygens (including phenoxy) is 2. The Morgan fingerprint density at radius 2 is 1.88 bits per heavy atom. The van der Waals surface area contributed by atoms with Gasteiger partial charge in [-0.25, -0.2) is 9.18 Å². The first-order valence-corrected chi connectivity index (χ1v) is 8.73. The highest BCUT2D eigenvalue weighted by Gasteiger charge is 2.28. The lowest BCUT2D eigenvalue weighted by molar-refractivity contribution is 0.0288. The van der Waals surface area contributed by atoms with Crippen LogP contribution >= 0.6 is 0 Å². The minimum atomic E-state index is -0.561. The number of hydrogen-bond acceptors (Lipinski definition) is 3. The zero-order valence-corrected chi connectivity index (χ0v) is 15.6. The number of amides is 1. The highest BCUT2D eigenvalue weighted by atomic mass is 19.1. The van der Waals surface area contributed by atoms with Crippen LogP contribution in [0.3, 0.4) is 0 Å². The van der Waals surface area contributed by atoms with E-state index in [0.717, 1.165) is 5.56 Å². The summed E-state index contributed by atoms with van der Waals surface area (Å²) in [5, 5.41) is 0. The molecule has 1 amide bonds. The Kier molecular flexibility index (Phi) is 4.90. The van der Waals surface area contributed by atoms with Gasteiger partial charge in [-0.15, -0.1) is 0 Å². The molecule has 0 saturated carbocycles. The summed E-state index contributed by atoms with van der Waals surface area (Å²) in [6.45, 7) is 5.90. The van der Waals surface area contributed by atoms with Crippen LogP contribution in [0.15, 0.2) is 42.5 Å². The Balaban J connectivity index is 1.90. The summed E-state index contributed by atoms with van der Waals surface area (Å²) in [4.78, 5) is 13.9. The molecule has 0 fully saturated rings. The quantitative estimate of drug-likeness (QED) is 0.748. The van der Waals surface area contributed by atoms with Gasteiger partial charge in [0.15, 0.2) is 0 Å². The van der Waals surface area contributed by atoms with Crippen LogP contribution in [0.5, 0.6) is 11.5 Å². The molecule has 3 rings (SSSR count). The molecule has 0 aromatic heterocycles. The van der Waals surface area contributed by atoms with Gasteiger partial charge in [-0.3, -0.25) is 0 Å². The zero-order chi connectivity index (χ0) is 18.9. The molecule has 4 nitrogen and oxygen atoms in total. The number of hydrogen-bond donors (Lipinski definition) is 0. The van der Waals surface area contributed by atoms with Crippen LogP contribution in [0.2, 0.25) is 0 Å². The number of carbonyl (C=O) groups is 1. The largest absolute Gasteiger partial charge is 0.457 e. The fraction of sp³-hybridized carbons (Fsp3) is 0.381. The molecule has 5 heteroatoms. The van der Waals surface area contributed by atoms with E-state index in [-0.39, 0.29) is 11.7 Å². The molecule has 0 bridgehead atoms. The number of para-hydroxylation sites is 1. The first-order valence-electron chi connectivity index (χ1n) is 8.73. The molecular weight excluding hydrogens is 333 g/mol. The Bertz CT molecular complexity index is 813. The van der Waals surface area contributed by atoms with Crippen molar-refractivity contribution in [2.45, 2.75) is 38.7 Å². The number of carbonyl (C=O) groups excluding carboxylic acids is 1. The van der Waals surface area contributed by atoms with Crippen molar-refractivity contribution >= 4 is 6.09 Å². The summed E-state index contributed by atoms with van der Waals surface area (Å²) < 4.78 is 25.8. The monoisotopic (exact) mass is 357 g/mol. The van der Waals surface area contributed by atoms with Gasteiger partial charge in [0.25, 0.3) is 0 Å². The summed E-state index contributed by atoms with van der Waals surface area (Å²) in [6, 6.07) is 12.5. The average molecular weight is 357 g/mol. The van der Waals surface area contributed by atoms with Crippen molar-refractivity contribution in [1.29, 1.82) is 0 Å². The van der Waals surface area contributed by atoms with Gasteiger partial charge >= 0.3 is 6.09 Å². The van der Waals surface area contributed by atoms with Gasteiger partial charge in [-0.05, 0) is 51.0 Å². The molecule has 2 aromatic rings. The van der Waals surface area contributed by atoms with Crippen LogP contribution in [-0.2, 0) is 11.2 Å². The third-order valence-corrected chi connectivity index (χ3v) is 4.30. The summed E-state index contributed by atoms with van der Waals surface area (Å²) in [6.07, 6.45) is 0.0560. The van der Waals surface area contributed by atoms with E-state index in [9.17, 15) is 9.18 Å². The van der Waals surface area contributed by atoms with Crippen molar-refractivity contribution in [2.24, 2.45) is 0 Å². The summed E-state index contributed by atoms with van der Waals surface area (Å²) >= 11 is 0. The Hall–Kier alpha value is -2.56. The zero-order valence-electron chi connectivity index (χ0n) is 15.6. The van der Waals surface area contributed by atoms with E-state index in [1.165, 1.54) is 6.07 Å². The van der Waals surface area contributed by atoms with Crippen molar-refractivity contribution in [1.82, 2.24) is 4.90 Å². The van der Waals surface area contributed by atoms with Gasteiger partial charge in [-0.1, -0.05) is 24.3 Å². The molecule has 0 saturated heterocycles. The van der Waals surface area contributed by atoms with Crippen LogP contribution in [0.4, 0.5) is 9.18 Å². The molecule has 1 aliphatic heterocycles. The van der Waals surface area contributed by atoms with E-state index in [2.05, 4.69) is 0 Å². The van der Waals surface area contributed by atoms with E-state index in [1.54, 1.807) is 24.1 Å². The second-order valence-electron chi connectivity index (χ2n) is 7.62. The van der Waals surface area contributed by atoms with Crippen molar-refractivity contribution in [3.63, 3.8) is 0 Å². The van der Waals surface area contributed by atoms with Crippen molar-refractivity contribution < 1.29 is 18.7 Å². The maximum atomic E-state index is 14.4. The van der Waals surface area contributed by atoms with Crippen LogP contribution in [0.1, 0.15) is 37.8 Å². The molecular formula is C21H24FNO3. The smallest absolute Gasteiger partial charge is 0.410 e. The van der Waals surface area contributed by atoms with E-state index in [1.807, 2.05) is 45.0 Å². The Morgan fingerprint density at radius 3 is 2.62 bits per heavy atom. The molecule has 0 aliphatic carbocycles. The van der Waals surface area contributed by atoms with Gasteiger partial charge < -0.3 is 14.4 Å². The van der Waals surface area contributed by atoms with Crippen LogP contribution in [-0.4, -0.2) is 30.2 Å². The van der Waals surface area contributed by atoms with Gasteiger partial charge in [0.05, 0.1) is 0 Å². The molecule has 1 unspecified atom stereocenters. The second-order valence-corrected chi connectivity index (χ2v) is 7.62. The fourth-order valence-electron chi connectivity index (χ4n) is 3.13. The number of likely N-dealkylation sites (N-methyl/N-ethyl adjacent to an activating group) is 1. The predicted molar refractivity (Wildman–Crippen MR) is 98.2 cm³/mol. The molecule has 1 atom stereocenters. The lowest BCUT2D eigenvalue weighted by Gasteiger charge is -2.27. The maximum absolute atomic E-state index is 14.4. The Labute approximate surface area is 153 Å². The molecule has 138 valence electrons. The molecule has 2 aromatic carbocycles. The van der Waals surface area contributed by atoms with Crippen LogP contribution in [0.25, 0.3) is 0 Å². The number of halogens is 1. The van der Waals surface area contributed by atoms with Crippen molar-refractivity contribution in [3.05, 3.63) is 59.4 Å². The minimum absolute atomic E-state index is 0.0955. The van der Waals surface area contributed by atoms with E-state index in [0.29, 0.717) is 30.0 Å². The van der Waals surface area contributed by atoms with E-state index in [4.69, 9.17) is 9.47 Å². The number of benzene rings is 2. The minimum Gasteiger partial charge on any atom is -0.457 e. The highest BCUT2D eigenvalue weighted by Crippen LogP contribution is 2.40. The van der Waals surface area contributed by atoms with Gasteiger partial charge in [0.2, 0.25) is 0 Å². The predicted octanol–water partition coefficient (Wildman–Crippen LogP) is 5.12.